The monoisotopic (exact) mass is 255 g/mol. The van der Waals surface area contributed by atoms with Gasteiger partial charge in [0.15, 0.2) is 5.82 Å². The first kappa shape index (κ1) is 14.9. The Bertz CT molecular complexity index is 356. The maximum Gasteiger partial charge on any atom is 0.250 e. The Morgan fingerprint density at radius 3 is 2.72 bits per heavy atom. The van der Waals surface area contributed by atoms with Gasteiger partial charge in [0.1, 0.15) is 6.61 Å². The zero-order chi connectivity index (χ0) is 13.4. The molecule has 0 saturated carbocycles. The number of rotatable bonds is 8. The second kappa shape index (κ2) is 8.00. The van der Waals surface area contributed by atoms with E-state index in [1.807, 2.05) is 0 Å². The molecule has 0 aromatic carbocycles. The van der Waals surface area contributed by atoms with Crippen LogP contribution in [0, 0.1) is 5.82 Å². The molecule has 0 aliphatic heterocycles. The van der Waals surface area contributed by atoms with Crippen molar-refractivity contribution in [3.8, 4) is 5.88 Å². The summed E-state index contributed by atoms with van der Waals surface area (Å²) in [5, 5.41) is 2.91. The highest BCUT2D eigenvalue weighted by Gasteiger charge is 2.10. The van der Waals surface area contributed by atoms with Crippen molar-refractivity contribution in [2.24, 2.45) is 0 Å². The fourth-order valence-electron chi connectivity index (χ4n) is 1.70. The van der Waals surface area contributed by atoms with Crippen LogP contribution in [-0.2, 0) is 6.54 Å². The van der Waals surface area contributed by atoms with E-state index in [0.717, 1.165) is 19.6 Å². The third-order valence-electron chi connectivity index (χ3n) is 2.85. The van der Waals surface area contributed by atoms with E-state index >= 15 is 0 Å². The summed E-state index contributed by atoms with van der Waals surface area (Å²) < 4.78 is 19.3. The number of hydrogen-bond acceptors (Lipinski definition) is 4. The normalized spacial score (nSPS) is 10.9. The Balaban J connectivity index is 2.54. The molecule has 5 heteroatoms. The molecule has 1 aromatic rings. The highest BCUT2D eigenvalue weighted by molar-refractivity contribution is 5.23. The van der Waals surface area contributed by atoms with Gasteiger partial charge in [-0.1, -0.05) is 13.8 Å². The molecule has 1 rings (SSSR count). The van der Waals surface area contributed by atoms with Crippen molar-refractivity contribution in [2.45, 2.75) is 20.4 Å². The average Bonchev–Trinajstić information content (AvgIpc) is 2.39. The number of aromatic nitrogens is 1. The van der Waals surface area contributed by atoms with E-state index in [1.165, 1.54) is 0 Å². The lowest BCUT2D eigenvalue weighted by Gasteiger charge is -2.18. The van der Waals surface area contributed by atoms with Crippen molar-refractivity contribution in [3.63, 3.8) is 0 Å². The van der Waals surface area contributed by atoms with E-state index in [1.54, 1.807) is 19.3 Å². The first-order valence-corrected chi connectivity index (χ1v) is 6.36. The number of nitrogens with one attached hydrogen (secondary N) is 1. The summed E-state index contributed by atoms with van der Waals surface area (Å²) in [6.45, 7) is 7.83. The molecule has 0 radical (unpaired) electrons. The Kier molecular flexibility index (Phi) is 6.60. The van der Waals surface area contributed by atoms with E-state index in [-0.39, 0.29) is 11.7 Å². The van der Waals surface area contributed by atoms with E-state index in [0.29, 0.717) is 18.7 Å². The van der Waals surface area contributed by atoms with Crippen LogP contribution in [0.4, 0.5) is 4.39 Å². The number of halogens is 1. The van der Waals surface area contributed by atoms with Crippen LogP contribution in [-0.4, -0.2) is 43.2 Å². The van der Waals surface area contributed by atoms with Gasteiger partial charge in [-0.05, 0) is 26.2 Å². The lowest BCUT2D eigenvalue weighted by molar-refractivity contribution is 0.211. The fraction of sp³-hybridized carbons (Fsp3) is 0.615. The maximum atomic E-state index is 13.9. The van der Waals surface area contributed by atoms with Gasteiger partial charge in [0, 0.05) is 24.8 Å². The summed E-state index contributed by atoms with van der Waals surface area (Å²) in [5.41, 5.74) is 0.574. The van der Waals surface area contributed by atoms with Crippen LogP contribution < -0.4 is 10.1 Å². The quantitative estimate of drug-likeness (QED) is 0.766. The summed E-state index contributed by atoms with van der Waals surface area (Å²) >= 11 is 0. The highest BCUT2D eigenvalue weighted by Crippen LogP contribution is 2.17. The molecule has 0 saturated heterocycles. The van der Waals surface area contributed by atoms with Gasteiger partial charge in [-0.2, -0.15) is 0 Å². The molecule has 102 valence electrons. The van der Waals surface area contributed by atoms with Crippen LogP contribution in [0.5, 0.6) is 5.88 Å². The number of hydrogen-bond donors (Lipinski definition) is 1. The molecule has 4 nitrogen and oxygen atoms in total. The Labute approximate surface area is 108 Å². The maximum absolute atomic E-state index is 13.9. The SMILES string of the molecule is CCN(CC)CCOc1nccc(CNC)c1F. The van der Waals surface area contributed by atoms with Crippen LogP contribution in [0.3, 0.4) is 0 Å². The molecule has 0 aliphatic carbocycles. The molecule has 18 heavy (non-hydrogen) atoms. The predicted octanol–water partition coefficient (Wildman–Crippen LogP) is 1.66. The lowest BCUT2D eigenvalue weighted by Crippen LogP contribution is -2.28. The third kappa shape index (κ3) is 4.23. The second-order valence-electron chi connectivity index (χ2n) is 3.99. The molecule has 0 spiro atoms. The zero-order valence-corrected chi connectivity index (χ0v) is 11.4. The van der Waals surface area contributed by atoms with Crippen LogP contribution >= 0.6 is 0 Å². The molecule has 0 bridgehead atoms. The molecule has 0 fully saturated rings. The standard InChI is InChI=1S/C13H22FN3O/c1-4-17(5-2)8-9-18-13-12(14)11(10-15-3)6-7-16-13/h6-7,15H,4-5,8-10H2,1-3H3. The van der Waals surface area contributed by atoms with E-state index in [9.17, 15) is 4.39 Å². The molecule has 1 aromatic heterocycles. The van der Waals surface area contributed by atoms with Crippen LogP contribution in [0.15, 0.2) is 12.3 Å². The summed E-state index contributed by atoms with van der Waals surface area (Å²) in [6.07, 6.45) is 1.57. The number of ether oxygens (including phenoxy) is 1. The van der Waals surface area contributed by atoms with Crippen molar-refractivity contribution in [1.29, 1.82) is 0 Å². The highest BCUT2D eigenvalue weighted by atomic mass is 19.1. The minimum Gasteiger partial charge on any atom is -0.474 e. The number of likely N-dealkylation sites (N-methyl/N-ethyl adjacent to an activating group) is 1. The van der Waals surface area contributed by atoms with Gasteiger partial charge < -0.3 is 15.0 Å². The molecular formula is C13H22FN3O. The van der Waals surface area contributed by atoms with Gasteiger partial charge in [0.25, 0.3) is 5.88 Å². The molecule has 0 amide bonds. The topological polar surface area (TPSA) is 37.4 Å². The smallest absolute Gasteiger partial charge is 0.250 e. The first-order valence-electron chi connectivity index (χ1n) is 6.36. The minimum absolute atomic E-state index is 0.0925. The summed E-state index contributed by atoms with van der Waals surface area (Å²) in [5.74, 6) is -0.277. The van der Waals surface area contributed by atoms with Crippen LogP contribution in [0.1, 0.15) is 19.4 Å². The molecule has 0 atom stereocenters. The fourth-order valence-corrected chi connectivity index (χ4v) is 1.70. The van der Waals surface area contributed by atoms with Crippen molar-refractivity contribution >= 4 is 0 Å². The lowest BCUT2D eigenvalue weighted by atomic mass is 10.2. The average molecular weight is 255 g/mol. The number of nitrogens with zero attached hydrogens (tertiary/aromatic N) is 2. The Hall–Kier alpha value is -1.20. The molecule has 1 heterocycles. The predicted molar refractivity (Wildman–Crippen MR) is 70.2 cm³/mol. The second-order valence-corrected chi connectivity index (χ2v) is 3.99. The van der Waals surface area contributed by atoms with Crippen LogP contribution in [0.25, 0.3) is 0 Å². The van der Waals surface area contributed by atoms with Crippen LogP contribution in [0.2, 0.25) is 0 Å². The molecule has 1 N–H and O–H groups in total. The van der Waals surface area contributed by atoms with Gasteiger partial charge in [-0.15, -0.1) is 0 Å². The first-order chi connectivity index (χ1) is 8.72. The van der Waals surface area contributed by atoms with Gasteiger partial charge in [0.2, 0.25) is 0 Å². The summed E-state index contributed by atoms with van der Waals surface area (Å²) in [6, 6.07) is 1.66. The van der Waals surface area contributed by atoms with Gasteiger partial charge in [-0.3, -0.25) is 0 Å². The van der Waals surface area contributed by atoms with Crippen molar-refractivity contribution in [3.05, 3.63) is 23.6 Å². The van der Waals surface area contributed by atoms with E-state index < -0.39 is 0 Å². The Morgan fingerprint density at radius 1 is 1.39 bits per heavy atom. The van der Waals surface area contributed by atoms with Crippen molar-refractivity contribution in [2.75, 3.05) is 33.3 Å². The van der Waals surface area contributed by atoms with Gasteiger partial charge >= 0.3 is 0 Å². The van der Waals surface area contributed by atoms with E-state index in [2.05, 4.69) is 29.0 Å². The molecular weight excluding hydrogens is 233 g/mol. The summed E-state index contributed by atoms with van der Waals surface area (Å²) in [7, 11) is 1.78. The minimum atomic E-state index is -0.369. The molecule has 0 unspecified atom stereocenters. The van der Waals surface area contributed by atoms with Crippen molar-refractivity contribution in [1.82, 2.24) is 15.2 Å². The van der Waals surface area contributed by atoms with Crippen molar-refractivity contribution < 1.29 is 9.13 Å². The van der Waals surface area contributed by atoms with Gasteiger partial charge in [0.05, 0.1) is 0 Å². The zero-order valence-electron chi connectivity index (χ0n) is 11.4. The summed E-state index contributed by atoms with van der Waals surface area (Å²) in [4.78, 5) is 6.14. The largest absolute Gasteiger partial charge is 0.474 e. The number of pyridine rings is 1. The van der Waals surface area contributed by atoms with E-state index in [4.69, 9.17) is 4.74 Å². The van der Waals surface area contributed by atoms with Gasteiger partial charge in [-0.25, -0.2) is 9.37 Å². The Morgan fingerprint density at radius 2 is 2.11 bits per heavy atom. The third-order valence-corrected chi connectivity index (χ3v) is 2.85. The molecule has 0 aliphatic rings.